The highest BCUT2D eigenvalue weighted by molar-refractivity contribution is 6.30. The Hall–Kier alpha value is -1.11. The van der Waals surface area contributed by atoms with Gasteiger partial charge in [-0.1, -0.05) is 17.7 Å². The minimum atomic E-state index is -0.391. The Morgan fingerprint density at radius 2 is 2.20 bits per heavy atom. The van der Waals surface area contributed by atoms with Gasteiger partial charge in [0.1, 0.15) is 5.82 Å². The quantitative estimate of drug-likeness (QED) is 0.784. The van der Waals surface area contributed by atoms with E-state index in [2.05, 4.69) is 5.32 Å². The van der Waals surface area contributed by atoms with Gasteiger partial charge in [-0.05, 0) is 30.7 Å². The molecule has 0 heterocycles. The Morgan fingerprint density at radius 3 is 2.87 bits per heavy atom. The average Bonchev–Trinajstić information content (AvgIpc) is 2.23. The van der Waals surface area contributed by atoms with Gasteiger partial charge in [-0.25, -0.2) is 4.39 Å². The van der Waals surface area contributed by atoms with Crippen molar-refractivity contribution < 1.29 is 4.39 Å². The minimum absolute atomic E-state index is 0.157. The van der Waals surface area contributed by atoms with E-state index >= 15 is 0 Å². The molecule has 0 aromatic heterocycles. The van der Waals surface area contributed by atoms with Gasteiger partial charge < -0.3 is 5.32 Å². The summed E-state index contributed by atoms with van der Waals surface area (Å²) in [7, 11) is 0. The Bertz CT molecular complexity index is 360. The monoisotopic (exact) mass is 226 g/mol. The molecule has 0 amide bonds. The maximum absolute atomic E-state index is 12.8. The van der Waals surface area contributed by atoms with Crippen LogP contribution in [0.2, 0.25) is 5.02 Å². The standard InChI is InChI=1S/C11H12ClFN2/c12-10-8-9(2-3-11(10)13)4-7-15-6-1-5-14/h2-3,8,15H,1,4,6-7H2. The van der Waals surface area contributed by atoms with Crippen LogP contribution in [0, 0.1) is 17.1 Å². The molecule has 0 atom stereocenters. The van der Waals surface area contributed by atoms with Gasteiger partial charge in [-0.15, -0.1) is 0 Å². The van der Waals surface area contributed by atoms with E-state index < -0.39 is 5.82 Å². The van der Waals surface area contributed by atoms with E-state index in [0.717, 1.165) is 18.5 Å². The first-order valence-electron chi connectivity index (χ1n) is 4.75. The molecule has 1 N–H and O–H groups in total. The van der Waals surface area contributed by atoms with Crippen molar-refractivity contribution in [3.63, 3.8) is 0 Å². The maximum Gasteiger partial charge on any atom is 0.141 e. The molecule has 0 saturated heterocycles. The van der Waals surface area contributed by atoms with Crippen LogP contribution in [0.1, 0.15) is 12.0 Å². The second kappa shape index (κ2) is 6.39. The van der Waals surface area contributed by atoms with E-state index in [1.54, 1.807) is 12.1 Å². The van der Waals surface area contributed by atoms with Crippen LogP contribution in [0.5, 0.6) is 0 Å². The molecule has 1 aromatic rings. The van der Waals surface area contributed by atoms with E-state index in [1.165, 1.54) is 6.07 Å². The van der Waals surface area contributed by atoms with Gasteiger partial charge in [0.2, 0.25) is 0 Å². The zero-order valence-corrected chi connectivity index (χ0v) is 9.02. The van der Waals surface area contributed by atoms with Crippen LogP contribution < -0.4 is 5.32 Å². The lowest BCUT2D eigenvalue weighted by atomic mass is 10.1. The lowest BCUT2D eigenvalue weighted by molar-refractivity contribution is 0.626. The van der Waals surface area contributed by atoms with Crippen molar-refractivity contribution in [1.82, 2.24) is 5.32 Å². The zero-order valence-electron chi connectivity index (χ0n) is 8.26. The molecule has 0 aliphatic carbocycles. The predicted octanol–water partition coefficient (Wildman–Crippen LogP) is 2.52. The molecule has 2 nitrogen and oxygen atoms in total. The average molecular weight is 227 g/mol. The van der Waals surface area contributed by atoms with Crippen LogP contribution in [0.25, 0.3) is 0 Å². The summed E-state index contributed by atoms with van der Waals surface area (Å²) in [5, 5.41) is 11.6. The summed E-state index contributed by atoms with van der Waals surface area (Å²) in [6.45, 7) is 1.45. The predicted molar refractivity (Wildman–Crippen MR) is 58.2 cm³/mol. The molecule has 0 bridgehead atoms. The highest BCUT2D eigenvalue weighted by Crippen LogP contribution is 2.15. The summed E-state index contributed by atoms with van der Waals surface area (Å²) in [4.78, 5) is 0. The molecule has 0 unspecified atom stereocenters. The molecular formula is C11H12ClFN2. The van der Waals surface area contributed by atoms with Crippen molar-refractivity contribution in [3.05, 3.63) is 34.6 Å². The number of rotatable bonds is 5. The molecule has 1 rings (SSSR count). The van der Waals surface area contributed by atoms with Crippen molar-refractivity contribution in [1.29, 1.82) is 5.26 Å². The zero-order chi connectivity index (χ0) is 11.1. The van der Waals surface area contributed by atoms with Crippen LogP contribution in [0.3, 0.4) is 0 Å². The number of halogens is 2. The summed E-state index contributed by atoms with van der Waals surface area (Å²) in [5.41, 5.74) is 0.992. The molecule has 0 spiro atoms. The van der Waals surface area contributed by atoms with Crippen molar-refractivity contribution >= 4 is 11.6 Å². The molecule has 0 saturated carbocycles. The van der Waals surface area contributed by atoms with Gasteiger partial charge in [0.15, 0.2) is 0 Å². The molecule has 0 fully saturated rings. The lowest BCUT2D eigenvalue weighted by Gasteiger charge is -2.03. The van der Waals surface area contributed by atoms with Gasteiger partial charge in [-0.2, -0.15) is 5.26 Å². The van der Waals surface area contributed by atoms with Gasteiger partial charge in [-0.3, -0.25) is 0 Å². The Kier molecular flexibility index (Phi) is 5.09. The van der Waals surface area contributed by atoms with Crippen molar-refractivity contribution in [2.24, 2.45) is 0 Å². The first-order valence-corrected chi connectivity index (χ1v) is 5.13. The summed E-state index contributed by atoms with van der Waals surface area (Å²) >= 11 is 5.64. The normalized spacial score (nSPS) is 9.93. The second-order valence-electron chi connectivity index (χ2n) is 3.16. The molecule has 0 aliphatic rings. The van der Waals surface area contributed by atoms with Crippen molar-refractivity contribution in [2.75, 3.05) is 13.1 Å². The molecular weight excluding hydrogens is 215 g/mol. The maximum atomic E-state index is 12.8. The highest BCUT2D eigenvalue weighted by Gasteiger charge is 2.00. The third-order valence-corrected chi connectivity index (χ3v) is 2.28. The number of nitrogens with one attached hydrogen (secondary N) is 1. The Morgan fingerprint density at radius 1 is 1.40 bits per heavy atom. The lowest BCUT2D eigenvalue weighted by Crippen LogP contribution is -2.18. The van der Waals surface area contributed by atoms with Gasteiger partial charge in [0.25, 0.3) is 0 Å². The second-order valence-corrected chi connectivity index (χ2v) is 3.56. The fourth-order valence-electron chi connectivity index (χ4n) is 1.20. The third-order valence-electron chi connectivity index (χ3n) is 1.99. The van der Waals surface area contributed by atoms with E-state index in [0.29, 0.717) is 13.0 Å². The van der Waals surface area contributed by atoms with Crippen LogP contribution in [0.4, 0.5) is 4.39 Å². The third kappa shape index (κ3) is 4.28. The fraction of sp³-hybridized carbons (Fsp3) is 0.364. The van der Waals surface area contributed by atoms with E-state index in [1.807, 2.05) is 6.07 Å². The largest absolute Gasteiger partial charge is 0.315 e. The summed E-state index contributed by atoms with van der Waals surface area (Å²) < 4.78 is 12.8. The number of nitriles is 1. The van der Waals surface area contributed by atoms with E-state index in [4.69, 9.17) is 16.9 Å². The van der Waals surface area contributed by atoms with Crippen molar-refractivity contribution in [3.8, 4) is 6.07 Å². The van der Waals surface area contributed by atoms with Crippen molar-refractivity contribution in [2.45, 2.75) is 12.8 Å². The first-order chi connectivity index (χ1) is 7.24. The van der Waals surface area contributed by atoms with Gasteiger partial charge >= 0.3 is 0 Å². The molecule has 0 aliphatic heterocycles. The Labute approximate surface area is 93.7 Å². The van der Waals surface area contributed by atoms with Crippen LogP contribution in [0.15, 0.2) is 18.2 Å². The summed E-state index contributed by atoms with van der Waals surface area (Å²) in [5.74, 6) is -0.391. The summed E-state index contributed by atoms with van der Waals surface area (Å²) in [6, 6.07) is 6.76. The van der Waals surface area contributed by atoms with Gasteiger partial charge in [0.05, 0.1) is 11.1 Å². The minimum Gasteiger partial charge on any atom is -0.315 e. The van der Waals surface area contributed by atoms with Crippen LogP contribution in [-0.2, 0) is 6.42 Å². The number of benzene rings is 1. The van der Waals surface area contributed by atoms with E-state index in [-0.39, 0.29) is 5.02 Å². The molecule has 0 radical (unpaired) electrons. The molecule has 15 heavy (non-hydrogen) atoms. The number of hydrogen-bond donors (Lipinski definition) is 1. The molecule has 80 valence electrons. The fourth-order valence-corrected chi connectivity index (χ4v) is 1.40. The topological polar surface area (TPSA) is 35.8 Å². The van der Waals surface area contributed by atoms with E-state index in [9.17, 15) is 4.39 Å². The SMILES string of the molecule is N#CCCNCCc1ccc(F)c(Cl)c1. The number of nitrogens with zero attached hydrogens (tertiary/aromatic N) is 1. The Balaban J connectivity index is 2.32. The summed E-state index contributed by atoms with van der Waals surface area (Å²) in [6.07, 6.45) is 1.29. The molecule has 4 heteroatoms. The first kappa shape index (κ1) is 12.0. The van der Waals surface area contributed by atoms with Gasteiger partial charge in [0, 0.05) is 13.0 Å². The van der Waals surface area contributed by atoms with Crippen LogP contribution >= 0.6 is 11.6 Å². The smallest absolute Gasteiger partial charge is 0.141 e. The number of hydrogen-bond acceptors (Lipinski definition) is 2. The van der Waals surface area contributed by atoms with Crippen LogP contribution in [-0.4, -0.2) is 13.1 Å². The highest BCUT2D eigenvalue weighted by atomic mass is 35.5. The molecule has 1 aromatic carbocycles.